The van der Waals surface area contributed by atoms with Crippen molar-refractivity contribution >= 4 is 21.9 Å². The molecule has 3 heterocycles. The molecule has 1 unspecified atom stereocenters. The minimum Gasteiger partial charge on any atom is -0.468 e. The molecule has 9 nitrogen and oxygen atoms in total. The van der Waals surface area contributed by atoms with Crippen LogP contribution >= 0.6 is 0 Å². The number of aryl methyl sites for hydroxylation is 1. The molecule has 1 aliphatic rings. The van der Waals surface area contributed by atoms with Gasteiger partial charge in [-0.05, 0) is 55.7 Å². The van der Waals surface area contributed by atoms with E-state index in [1.807, 2.05) is 4.90 Å². The number of nitrogens with zero attached hydrogens (tertiary/aromatic N) is 3. The van der Waals surface area contributed by atoms with E-state index in [1.54, 1.807) is 43.6 Å². The first-order valence-corrected chi connectivity index (χ1v) is 11.9. The molecule has 10 heteroatoms. The molecule has 32 heavy (non-hydrogen) atoms. The first kappa shape index (κ1) is 22.0. The third kappa shape index (κ3) is 5.14. The van der Waals surface area contributed by atoms with Gasteiger partial charge in [0.05, 0.1) is 17.7 Å². The largest absolute Gasteiger partial charge is 0.468 e. The Bertz CT molecular complexity index is 1170. The summed E-state index contributed by atoms with van der Waals surface area (Å²) in [7, 11) is -3.80. The second kappa shape index (κ2) is 9.49. The van der Waals surface area contributed by atoms with Crippen LogP contribution in [0.2, 0.25) is 0 Å². The highest BCUT2D eigenvalue weighted by molar-refractivity contribution is 7.89. The lowest BCUT2D eigenvalue weighted by atomic mass is 10.0. The molecule has 168 valence electrons. The van der Waals surface area contributed by atoms with E-state index < -0.39 is 10.0 Å². The van der Waals surface area contributed by atoms with Crippen molar-refractivity contribution < 1.29 is 17.6 Å². The average Bonchev–Trinajstić information content (AvgIpc) is 3.32. The monoisotopic (exact) mass is 455 g/mol. The predicted molar refractivity (Wildman–Crippen MR) is 119 cm³/mol. The number of hydrogen-bond donors (Lipinski definition) is 2. The SMILES string of the molecule is Cc1ccc(S(=O)(=O)NCc2ccco2)cc1C(=O)NC1CCCN(c2ncccn2)C1. The molecule has 3 aromatic rings. The van der Waals surface area contributed by atoms with Gasteiger partial charge in [0.25, 0.3) is 5.91 Å². The van der Waals surface area contributed by atoms with Crippen LogP contribution in [0.3, 0.4) is 0 Å². The number of nitrogens with one attached hydrogen (secondary N) is 2. The van der Waals surface area contributed by atoms with Crippen LogP contribution in [0.4, 0.5) is 5.95 Å². The fraction of sp³-hybridized carbons (Fsp3) is 0.318. The lowest BCUT2D eigenvalue weighted by Gasteiger charge is -2.33. The molecule has 0 spiro atoms. The lowest BCUT2D eigenvalue weighted by Crippen LogP contribution is -2.48. The normalized spacial score (nSPS) is 16.7. The summed E-state index contributed by atoms with van der Waals surface area (Å²) in [6, 6.07) is 9.60. The van der Waals surface area contributed by atoms with E-state index >= 15 is 0 Å². The van der Waals surface area contributed by atoms with Gasteiger partial charge in [-0.1, -0.05) is 6.07 Å². The van der Waals surface area contributed by atoms with E-state index in [0.29, 0.717) is 29.4 Å². The van der Waals surface area contributed by atoms with E-state index in [1.165, 1.54) is 18.4 Å². The van der Waals surface area contributed by atoms with Gasteiger partial charge in [-0.25, -0.2) is 23.1 Å². The Morgan fingerprint density at radius 2 is 2.03 bits per heavy atom. The number of aromatic nitrogens is 2. The topological polar surface area (TPSA) is 117 Å². The number of carbonyl (C=O) groups excluding carboxylic acids is 1. The Hall–Kier alpha value is -3.24. The molecule has 2 aromatic heterocycles. The van der Waals surface area contributed by atoms with E-state index in [0.717, 1.165) is 19.4 Å². The molecule has 1 amide bonds. The highest BCUT2D eigenvalue weighted by atomic mass is 32.2. The molecule has 1 saturated heterocycles. The molecule has 1 aromatic carbocycles. The summed E-state index contributed by atoms with van der Waals surface area (Å²) in [6.07, 6.45) is 6.60. The van der Waals surface area contributed by atoms with Crippen LogP contribution in [-0.4, -0.2) is 43.4 Å². The van der Waals surface area contributed by atoms with Crippen LogP contribution in [0.15, 0.2) is 64.4 Å². The Morgan fingerprint density at radius 3 is 2.78 bits per heavy atom. The van der Waals surface area contributed by atoms with Crippen LogP contribution in [0.1, 0.15) is 34.5 Å². The van der Waals surface area contributed by atoms with Gasteiger partial charge in [0, 0.05) is 37.1 Å². The zero-order chi connectivity index (χ0) is 22.6. The van der Waals surface area contributed by atoms with Crippen molar-refractivity contribution in [3.05, 3.63) is 71.9 Å². The molecule has 2 N–H and O–H groups in total. The Labute approximate surface area is 186 Å². The Morgan fingerprint density at radius 1 is 1.22 bits per heavy atom. The number of amides is 1. The predicted octanol–water partition coefficient (Wildman–Crippen LogP) is 2.26. The quantitative estimate of drug-likeness (QED) is 0.561. The maximum Gasteiger partial charge on any atom is 0.251 e. The van der Waals surface area contributed by atoms with E-state index in [9.17, 15) is 13.2 Å². The summed E-state index contributed by atoms with van der Waals surface area (Å²) in [5.74, 6) is 0.840. The second-order valence-corrected chi connectivity index (χ2v) is 9.46. The highest BCUT2D eigenvalue weighted by Crippen LogP contribution is 2.19. The summed E-state index contributed by atoms with van der Waals surface area (Å²) in [5.41, 5.74) is 1.03. The molecule has 0 bridgehead atoms. The molecule has 4 rings (SSSR count). The van der Waals surface area contributed by atoms with Crippen molar-refractivity contribution in [1.29, 1.82) is 0 Å². The molecular weight excluding hydrogens is 430 g/mol. The van der Waals surface area contributed by atoms with Gasteiger partial charge >= 0.3 is 0 Å². The number of carbonyl (C=O) groups is 1. The average molecular weight is 456 g/mol. The van der Waals surface area contributed by atoms with Gasteiger partial charge in [0.2, 0.25) is 16.0 Å². The number of benzene rings is 1. The minimum absolute atomic E-state index is 0.0303. The first-order chi connectivity index (χ1) is 15.4. The summed E-state index contributed by atoms with van der Waals surface area (Å²) >= 11 is 0. The van der Waals surface area contributed by atoms with E-state index in [4.69, 9.17) is 4.42 Å². The van der Waals surface area contributed by atoms with Gasteiger partial charge in [-0.3, -0.25) is 4.79 Å². The van der Waals surface area contributed by atoms with Crippen LogP contribution < -0.4 is 14.9 Å². The van der Waals surface area contributed by atoms with Crippen LogP contribution in [0.5, 0.6) is 0 Å². The number of furan rings is 1. The smallest absolute Gasteiger partial charge is 0.251 e. The van der Waals surface area contributed by atoms with Crippen LogP contribution in [0.25, 0.3) is 0 Å². The standard InChI is InChI=1S/C22H25N5O4S/c1-16-7-8-19(32(29,30)25-14-18-6-3-12-31-18)13-20(16)21(28)26-17-5-2-11-27(15-17)22-23-9-4-10-24-22/h3-4,6-10,12-13,17,25H,2,5,11,14-15H2,1H3,(H,26,28). The molecule has 1 fully saturated rings. The van der Waals surface area contributed by atoms with Crippen molar-refractivity contribution in [2.45, 2.75) is 37.2 Å². The molecule has 0 aliphatic carbocycles. The number of piperidine rings is 1. The number of hydrogen-bond acceptors (Lipinski definition) is 7. The van der Waals surface area contributed by atoms with Crippen LogP contribution in [-0.2, 0) is 16.6 Å². The molecule has 1 atom stereocenters. The summed E-state index contributed by atoms with van der Waals surface area (Å²) < 4.78 is 33.1. The zero-order valence-corrected chi connectivity index (χ0v) is 18.5. The van der Waals surface area contributed by atoms with Crippen molar-refractivity contribution in [2.24, 2.45) is 0 Å². The third-order valence-electron chi connectivity index (χ3n) is 5.37. The highest BCUT2D eigenvalue weighted by Gasteiger charge is 2.25. The van der Waals surface area contributed by atoms with Crippen molar-refractivity contribution in [3.8, 4) is 0 Å². The van der Waals surface area contributed by atoms with Gasteiger partial charge in [-0.15, -0.1) is 0 Å². The molecule has 0 radical (unpaired) electrons. The van der Waals surface area contributed by atoms with Gasteiger partial charge in [-0.2, -0.15) is 0 Å². The maximum absolute atomic E-state index is 13.0. The van der Waals surface area contributed by atoms with Gasteiger partial charge < -0.3 is 14.6 Å². The van der Waals surface area contributed by atoms with Gasteiger partial charge in [0.15, 0.2) is 0 Å². The second-order valence-electron chi connectivity index (χ2n) is 7.69. The zero-order valence-electron chi connectivity index (χ0n) is 17.7. The summed E-state index contributed by atoms with van der Waals surface area (Å²) in [4.78, 5) is 23.7. The lowest BCUT2D eigenvalue weighted by molar-refractivity contribution is 0.0932. The number of rotatable bonds is 7. The number of sulfonamides is 1. The van der Waals surface area contributed by atoms with Crippen molar-refractivity contribution in [1.82, 2.24) is 20.0 Å². The Kier molecular flexibility index (Phi) is 6.52. The Balaban J connectivity index is 1.45. The fourth-order valence-electron chi connectivity index (χ4n) is 3.67. The van der Waals surface area contributed by atoms with E-state index in [-0.39, 0.29) is 23.4 Å². The summed E-state index contributed by atoms with van der Waals surface area (Å²) in [5, 5.41) is 3.04. The van der Waals surface area contributed by atoms with Crippen molar-refractivity contribution in [3.63, 3.8) is 0 Å². The third-order valence-corrected chi connectivity index (χ3v) is 6.77. The molecule has 1 aliphatic heterocycles. The molecule has 0 saturated carbocycles. The first-order valence-electron chi connectivity index (χ1n) is 10.4. The minimum atomic E-state index is -3.80. The van der Waals surface area contributed by atoms with Gasteiger partial charge in [0.1, 0.15) is 5.76 Å². The number of anilines is 1. The van der Waals surface area contributed by atoms with Crippen LogP contribution in [0, 0.1) is 6.92 Å². The van der Waals surface area contributed by atoms with Crippen molar-refractivity contribution in [2.75, 3.05) is 18.0 Å². The van der Waals surface area contributed by atoms with E-state index in [2.05, 4.69) is 20.0 Å². The maximum atomic E-state index is 13.0. The fourth-order valence-corrected chi connectivity index (χ4v) is 4.69. The molecular formula is C22H25N5O4S. The summed E-state index contributed by atoms with van der Waals surface area (Å²) in [6.45, 7) is 3.23.